The molecule has 0 saturated heterocycles. The lowest BCUT2D eigenvalue weighted by Gasteiger charge is -2.15. The number of carbonyl (C=O) groups is 1. The van der Waals surface area contributed by atoms with Crippen molar-refractivity contribution >= 4 is 23.4 Å². The van der Waals surface area contributed by atoms with Gasteiger partial charge in [-0.15, -0.1) is 0 Å². The van der Waals surface area contributed by atoms with Crippen LogP contribution in [0.4, 0.5) is 10.2 Å². The standard InChI is InChI=1S/C24H21FN4O4S/c1-2-28-22(31)20(21(26)29(24(28)32)13-15-6-4-3-5-7-15)18(30)14-34-23-27-12-19(33-23)16-8-10-17(25)11-9-16/h3-12H,2,13-14,26H2,1H3. The Bertz CT molecular complexity index is 1440. The van der Waals surface area contributed by atoms with Gasteiger partial charge < -0.3 is 10.2 Å². The van der Waals surface area contributed by atoms with Crippen LogP contribution in [0.5, 0.6) is 0 Å². The highest BCUT2D eigenvalue weighted by Gasteiger charge is 2.23. The summed E-state index contributed by atoms with van der Waals surface area (Å²) in [5.41, 5.74) is 6.07. The summed E-state index contributed by atoms with van der Waals surface area (Å²) in [5, 5.41) is 0.208. The van der Waals surface area contributed by atoms with Gasteiger partial charge in [-0.1, -0.05) is 42.1 Å². The van der Waals surface area contributed by atoms with Crippen molar-refractivity contribution < 1.29 is 13.6 Å². The second kappa shape index (κ2) is 9.92. The molecule has 4 aromatic rings. The van der Waals surface area contributed by atoms with Gasteiger partial charge in [-0.2, -0.15) is 0 Å². The number of rotatable bonds is 8. The number of thioether (sulfide) groups is 1. The molecule has 8 nitrogen and oxygen atoms in total. The maximum atomic E-state index is 13.1. The molecule has 2 aromatic carbocycles. The molecule has 0 radical (unpaired) electrons. The molecule has 4 rings (SSSR count). The first-order valence-corrected chi connectivity index (χ1v) is 11.4. The largest absolute Gasteiger partial charge is 0.431 e. The van der Waals surface area contributed by atoms with Gasteiger partial charge >= 0.3 is 5.69 Å². The van der Waals surface area contributed by atoms with Gasteiger partial charge in [0.25, 0.3) is 10.8 Å². The molecule has 0 unspecified atom stereocenters. The maximum absolute atomic E-state index is 13.1. The lowest BCUT2D eigenvalue weighted by atomic mass is 10.2. The minimum atomic E-state index is -0.723. The molecule has 0 saturated carbocycles. The van der Waals surface area contributed by atoms with E-state index >= 15 is 0 Å². The zero-order valence-electron chi connectivity index (χ0n) is 18.2. The first-order chi connectivity index (χ1) is 16.4. The normalized spacial score (nSPS) is 11.0. The zero-order valence-corrected chi connectivity index (χ0v) is 19.0. The van der Waals surface area contributed by atoms with Crippen LogP contribution in [0.1, 0.15) is 22.8 Å². The van der Waals surface area contributed by atoms with Crippen LogP contribution < -0.4 is 17.0 Å². The fourth-order valence-corrected chi connectivity index (χ4v) is 4.12. The number of ketones is 1. The Balaban J connectivity index is 1.59. The molecule has 0 aliphatic carbocycles. The lowest BCUT2D eigenvalue weighted by Crippen LogP contribution is -2.44. The molecule has 0 bridgehead atoms. The topological polar surface area (TPSA) is 113 Å². The van der Waals surface area contributed by atoms with Crippen LogP contribution in [0, 0.1) is 5.82 Å². The second-order valence-corrected chi connectivity index (χ2v) is 8.30. The number of hydrogen-bond acceptors (Lipinski definition) is 7. The van der Waals surface area contributed by atoms with Crippen LogP contribution in [-0.4, -0.2) is 25.7 Å². The number of hydrogen-bond donors (Lipinski definition) is 1. The Kier molecular flexibility index (Phi) is 6.78. The van der Waals surface area contributed by atoms with Crippen molar-refractivity contribution in [2.24, 2.45) is 0 Å². The highest BCUT2D eigenvalue weighted by Crippen LogP contribution is 2.26. The Labute approximate surface area is 197 Å². The molecule has 2 N–H and O–H groups in total. The first-order valence-electron chi connectivity index (χ1n) is 10.4. The van der Waals surface area contributed by atoms with Gasteiger partial charge in [0.2, 0.25) is 0 Å². The molecule has 0 aliphatic heterocycles. The number of halogens is 1. The molecule has 34 heavy (non-hydrogen) atoms. The molecule has 0 fully saturated rings. The number of nitrogens with zero attached hydrogens (tertiary/aromatic N) is 3. The Hall–Kier alpha value is -3.92. The van der Waals surface area contributed by atoms with E-state index in [1.807, 2.05) is 30.3 Å². The number of aromatic nitrogens is 3. The molecule has 10 heteroatoms. The van der Waals surface area contributed by atoms with E-state index in [9.17, 15) is 18.8 Å². The molecule has 0 spiro atoms. The van der Waals surface area contributed by atoms with Crippen molar-refractivity contribution in [2.75, 3.05) is 11.5 Å². The van der Waals surface area contributed by atoms with Crippen LogP contribution in [-0.2, 0) is 13.1 Å². The van der Waals surface area contributed by atoms with E-state index in [2.05, 4.69) is 4.98 Å². The number of nitrogens with two attached hydrogens (primary N) is 1. The van der Waals surface area contributed by atoms with Crippen LogP contribution in [0.2, 0.25) is 0 Å². The zero-order chi connectivity index (χ0) is 24.2. The van der Waals surface area contributed by atoms with E-state index in [0.717, 1.165) is 21.9 Å². The first kappa shape index (κ1) is 23.2. The van der Waals surface area contributed by atoms with Gasteiger partial charge in [0.15, 0.2) is 11.5 Å². The predicted molar refractivity (Wildman–Crippen MR) is 128 cm³/mol. The van der Waals surface area contributed by atoms with E-state index in [-0.39, 0.29) is 41.3 Å². The van der Waals surface area contributed by atoms with Gasteiger partial charge in [0.05, 0.1) is 18.5 Å². The Morgan fingerprint density at radius 2 is 1.79 bits per heavy atom. The summed E-state index contributed by atoms with van der Waals surface area (Å²) in [6, 6.07) is 14.9. The maximum Gasteiger partial charge on any atom is 0.332 e. The second-order valence-electron chi connectivity index (χ2n) is 7.37. The van der Waals surface area contributed by atoms with Crippen molar-refractivity contribution in [1.29, 1.82) is 0 Å². The molecule has 2 heterocycles. The van der Waals surface area contributed by atoms with Gasteiger partial charge in [0, 0.05) is 12.1 Å². The highest BCUT2D eigenvalue weighted by atomic mass is 32.2. The SMILES string of the molecule is CCn1c(=O)c(C(=O)CSc2ncc(-c3ccc(F)cc3)o2)c(N)n(Cc2ccccc2)c1=O. The summed E-state index contributed by atoms with van der Waals surface area (Å²) in [6.45, 7) is 1.87. The average molecular weight is 481 g/mol. The lowest BCUT2D eigenvalue weighted by molar-refractivity contribution is 0.102. The summed E-state index contributed by atoms with van der Waals surface area (Å²) in [4.78, 5) is 42.9. The summed E-state index contributed by atoms with van der Waals surface area (Å²) in [5.74, 6) is -0.839. The van der Waals surface area contributed by atoms with Crippen molar-refractivity contribution in [1.82, 2.24) is 14.1 Å². The Morgan fingerprint density at radius 1 is 1.09 bits per heavy atom. The number of oxazole rings is 1. The van der Waals surface area contributed by atoms with Crippen molar-refractivity contribution in [3.63, 3.8) is 0 Å². The van der Waals surface area contributed by atoms with E-state index in [4.69, 9.17) is 10.2 Å². The van der Waals surface area contributed by atoms with Crippen molar-refractivity contribution in [2.45, 2.75) is 25.2 Å². The van der Waals surface area contributed by atoms with Crippen LogP contribution in [0.25, 0.3) is 11.3 Å². The fraction of sp³-hybridized carbons (Fsp3) is 0.167. The smallest absolute Gasteiger partial charge is 0.332 e. The van der Waals surface area contributed by atoms with E-state index in [0.29, 0.717) is 11.3 Å². The van der Waals surface area contributed by atoms with E-state index < -0.39 is 17.0 Å². The van der Waals surface area contributed by atoms with Gasteiger partial charge in [-0.05, 0) is 36.8 Å². The minimum Gasteiger partial charge on any atom is -0.431 e. The molecular formula is C24H21FN4O4S. The van der Waals surface area contributed by atoms with Crippen molar-refractivity contribution in [3.8, 4) is 11.3 Å². The quantitative estimate of drug-likeness (QED) is 0.304. The third kappa shape index (κ3) is 4.72. The minimum absolute atomic E-state index is 0.0981. The summed E-state index contributed by atoms with van der Waals surface area (Å²) in [7, 11) is 0. The number of anilines is 1. The average Bonchev–Trinajstić information content (AvgIpc) is 3.31. The molecule has 0 aliphatic rings. The summed E-state index contributed by atoms with van der Waals surface area (Å²) < 4.78 is 21.0. The summed E-state index contributed by atoms with van der Waals surface area (Å²) >= 11 is 0.994. The van der Waals surface area contributed by atoms with Gasteiger partial charge in [0.1, 0.15) is 17.2 Å². The monoisotopic (exact) mass is 480 g/mol. The molecule has 174 valence electrons. The van der Waals surface area contributed by atoms with Crippen LogP contribution in [0.15, 0.2) is 80.0 Å². The number of carbonyl (C=O) groups excluding carboxylic acids is 1. The summed E-state index contributed by atoms with van der Waals surface area (Å²) in [6.07, 6.45) is 1.47. The molecular weight excluding hydrogens is 459 g/mol. The highest BCUT2D eigenvalue weighted by molar-refractivity contribution is 7.99. The fourth-order valence-electron chi connectivity index (χ4n) is 3.45. The molecule has 2 aromatic heterocycles. The van der Waals surface area contributed by atoms with Gasteiger partial charge in [-0.25, -0.2) is 14.2 Å². The van der Waals surface area contributed by atoms with Crippen LogP contribution in [0.3, 0.4) is 0 Å². The Morgan fingerprint density at radius 3 is 2.47 bits per heavy atom. The predicted octanol–water partition coefficient (Wildman–Crippen LogP) is 3.43. The van der Waals surface area contributed by atoms with Gasteiger partial charge in [-0.3, -0.25) is 18.7 Å². The number of nitrogen functional groups attached to an aromatic ring is 1. The van der Waals surface area contributed by atoms with E-state index in [1.165, 1.54) is 22.9 Å². The number of benzene rings is 2. The number of Topliss-reactive ketones (excluding diaryl/α,β-unsaturated/α-hetero) is 1. The molecule has 0 amide bonds. The van der Waals surface area contributed by atoms with Crippen LogP contribution >= 0.6 is 11.8 Å². The third-order valence-corrected chi connectivity index (χ3v) is 6.03. The molecule has 0 atom stereocenters. The third-order valence-electron chi connectivity index (χ3n) is 5.19. The van der Waals surface area contributed by atoms with Crippen molar-refractivity contribution in [3.05, 3.63) is 98.6 Å². The van der Waals surface area contributed by atoms with E-state index in [1.54, 1.807) is 19.1 Å².